The van der Waals surface area contributed by atoms with Crippen LogP contribution in [0.2, 0.25) is 0 Å². The lowest BCUT2D eigenvalue weighted by Crippen LogP contribution is -2.50. The van der Waals surface area contributed by atoms with Crippen molar-refractivity contribution in [2.45, 2.75) is 31.7 Å². The summed E-state index contributed by atoms with van der Waals surface area (Å²) in [5.41, 5.74) is 1.75. The minimum absolute atomic E-state index is 0.160. The summed E-state index contributed by atoms with van der Waals surface area (Å²) in [5.74, 6) is 1.53. The maximum Gasteiger partial charge on any atom is 0.256 e. The van der Waals surface area contributed by atoms with Crippen molar-refractivity contribution in [3.63, 3.8) is 0 Å². The van der Waals surface area contributed by atoms with Crippen LogP contribution in [0.3, 0.4) is 0 Å². The Labute approximate surface area is 142 Å². The van der Waals surface area contributed by atoms with E-state index in [0.717, 1.165) is 54.7 Å². The van der Waals surface area contributed by atoms with E-state index in [1.807, 2.05) is 24.4 Å². The van der Waals surface area contributed by atoms with Gasteiger partial charge in [-0.2, -0.15) is 0 Å². The van der Waals surface area contributed by atoms with Crippen molar-refractivity contribution in [1.82, 2.24) is 15.2 Å². The molecule has 0 unspecified atom stereocenters. The molecule has 24 heavy (non-hydrogen) atoms. The third-order valence-electron chi connectivity index (χ3n) is 5.57. The molecule has 4 rings (SSSR count). The molecule has 0 spiro atoms. The second-order valence-electron chi connectivity index (χ2n) is 6.93. The van der Waals surface area contributed by atoms with Gasteiger partial charge in [0.15, 0.2) is 0 Å². The highest BCUT2D eigenvalue weighted by molar-refractivity contribution is 6.07. The van der Waals surface area contributed by atoms with Crippen LogP contribution in [-0.4, -0.2) is 48.6 Å². The number of aromatic nitrogens is 1. The first-order valence-electron chi connectivity index (χ1n) is 8.95. The number of rotatable bonds is 2. The number of likely N-dealkylation sites (tertiary alicyclic amines) is 1. The molecule has 2 aromatic rings. The minimum atomic E-state index is 0.160. The number of hydrogen-bond acceptors (Lipinski definition) is 3. The van der Waals surface area contributed by atoms with Crippen molar-refractivity contribution in [3.05, 3.63) is 30.0 Å². The number of H-pyrrole nitrogens is 1. The van der Waals surface area contributed by atoms with Crippen LogP contribution in [0.25, 0.3) is 10.9 Å². The van der Waals surface area contributed by atoms with E-state index in [9.17, 15) is 4.79 Å². The van der Waals surface area contributed by atoms with E-state index in [2.05, 4.69) is 15.2 Å². The van der Waals surface area contributed by atoms with Crippen LogP contribution in [0.1, 0.15) is 36.0 Å². The zero-order chi connectivity index (χ0) is 16.5. The Morgan fingerprint density at radius 2 is 2.21 bits per heavy atom. The zero-order valence-corrected chi connectivity index (χ0v) is 14.2. The SMILES string of the molecule is COc1ccc2[nH]cc(C(=O)N3CCCC[C@H]4CNCC[C@H]43)c2c1. The van der Waals surface area contributed by atoms with Gasteiger partial charge in [-0.3, -0.25) is 4.79 Å². The predicted molar refractivity (Wildman–Crippen MR) is 94.5 cm³/mol. The van der Waals surface area contributed by atoms with Gasteiger partial charge in [0.1, 0.15) is 5.75 Å². The third kappa shape index (κ3) is 2.67. The fraction of sp³-hybridized carbons (Fsp3) is 0.526. The van der Waals surface area contributed by atoms with E-state index >= 15 is 0 Å². The standard InChI is InChI=1S/C19H25N3O2/c1-24-14-5-6-17-15(10-14)16(12-21-17)19(23)22-9-3-2-4-13-11-20-8-7-18(13)22/h5-6,10,12-13,18,20-21H,2-4,7-9,11H2,1H3/t13-,18+/m0/s1. The van der Waals surface area contributed by atoms with Gasteiger partial charge in [-0.15, -0.1) is 0 Å². The predicted octanol–water partition coefficient (Wildman–Crippen LogP) is 2.78. The molecule has 5 heteroatoms. The molecular formula is C19H25N3O2. The van der Waals surface area contributed by atoms with Crippen molar-refractivity contribution in [2.75, 3.05) is 26.7 Å². The van der Waals surface area contributed by atoms with Gasteiger partial charge < -0.3 is 19.9 Å². The van der Waals surface area contributed by atoms with Crippen molar-refractivity contribution in [2.24, 2.45) is 5.92 Å². The summed E-state index contributed by atoms with van der Waals surface area (Å²) in [5, 5.41) is 4.44. The van der Waals surface area contributed by atoms with Crippen LogP contribution in [0.15, 0.2) is 24.4 Å². The summed E-state index contributed by atoms with van der Waals surface area (Å²) in [6.07, 6.45) is 6.46. The first kappa shape index (κ1) is 15.5. The van der Waals surface area contributed by atoms with Gasteiger partial charge >= 0.3 is 0 Å². The Kier molecular flexibility index (Phi) is 4.19. The summed E-state index contributed by atoms with van der Waals surface area (Å²) >= 11 is 0. The number of amides is 1. The Morgan fingerprint density at radius 1 is 1.29 bits per heavy atom. The Bertz CT molecular complexity index is 739. The molecule has 2 aliphatic heterocycles. The summed E-state index contributed by atoms with van der Waals surface area (Å²) in [6, 6.07) is 6.22. The van der Waals surface area contributed by atoms with E-state index in [1.54, 1.807) is 7.11 Å². The maximum atomic E-state index is 13.3. The largest absolute Gasteiger partial charge is 0.497 e. The van der Waals surface area contributed by atoms with Gasteiger partial charge in [-0.25, -0.2) is 0 Å². The fourth-order valence-corrected chi connectivity index (χ4v) is 4.28. The molecule has 0 radical (unpaired) electrons. The number of benzene rings is 1. The number of ether oxygens (including phenoxy) is 1. The molecule has 2 saturated heterocycles. The molecule has 2 aliphatic rings. The molecular weight excluding hydrogens is 302 g/mol. The molecule has 2 fully saturated rings. The normalized spacial score (nSPS) is 24.5. The maximum absolute atomic E-state index is 13.3. The molecule has 2 N–H and O–H groups in total. The van der Waals surface area contributed by atoms with E-state index in [4.69, 9.17) is 4.74 Å². The van der Waals surface area contributed by atoms with E-state index in [1.165, 1.54) is 12.8 Å². The number of nitrogens with zero attached hydrogens (tertiary/aromatic N) is 1. The second-order valence-corrected chi connectivity index (χ2v) is 6.93. The third-order valence-corrected chi connectivity index (χ3v) is 5.57. The lowest BCUT2D eigenvalue weighted by molar-refractivity contribution is 0.0588. The number of nitrogens with one attached hydrogen (secondary N) is 2. The van der Waals surface area contributed by atoms with Crippen molar-refractivity contribution in [1.29, 1.82) is 0 Å². The highest BCUT2D eigenvalue weighted by atomic mass is 16.5. The van der Waals surface area contributed by atoms with E-state index in [-0.39, 0.29) is 5.91 Å². The molecule has 1 aromatic carbocycles. The van der Waals surface area contributed by atoms with Crippen molar-refractivity contribution >= 4 is 16.8 Å². The number of carbonyl (C=O) groups is 1. The monoisotopic (exact) mass is 327 g/mol. The average molecular weight is 327 g/mol. The van der Waals surface area contributed by atoms with Crippen LogP contribution in [0.4, 0.5) is 0 Å². The highest BCUT2D eigenvalue weighted by Crippen LogP contribution is 2.30. The molecule has 128 valence electrons. The van der Waals surface area contributed by atoms with Gasteiger partial charge in [0.25, 0.3) is 5.91 Å². The summed E-state index contributed by atoms with van der Waals surface area (Å²) in [7, 11) is 1.66. The first-order chi connectivity index (χ1) is 11.8. The topological polar surface area (TPSA) is 57.4 Å². The van der Waals surface area contributed by atoms with Gasteiger partial charge in [0.2, 0.25) is 0 Å². The van der Waals surface area contributed by atoms with Crippen LogP contribution >= 0.6 is 0 Å². The molecule has 1 aromatic heterocycles. The Hall–Kier alpha value is -2.01. The van der Waals surface area contributed by atoms with Crippen molar-refractivity contribution < 1.29 is 9.53 Å². The Balaban J connectivity index is 1.69. The molecule has 0 saturated carbocycles. The minimum Gasteiger partial charge on any atom is -0.497 e. The number of carbonyl (C=O) groups excluding carboxylic acids is 1. The number of piperidine rings is 1. The zero-order valence-electron chi connectivity index (χ0n) is 14.2. The molecule has 5 nitrogen and oxygen atoms in total. The van der Waals surface area contributed by atoms with E-state index in [0.29, 0.717) is 12.0 Å². The first-order valence-corrected chi connectivity index (χ1v) is 8.95. The molecule has 3 heterocycles. The fourth-order valence-electron chi connectivity index (χ4n) is 4.28. The summed E-state index contributed by atoms with van der Waals surface area (Å²) < 4.78 is 5.33. The van der Waals surface area contributed by atoms with Crippen LogP contribution in [0, 0.1) is 5.92 Å². The van der Waals surface area contributed by atoms with Crippen LogP contribution in [-0.2, 0) is 0 Å². The van der Waals surface area contributed by atoms with Gasteiger partial charge in [-0.05, 0) is 56.5 Å². The Morgan fingerprint density at radius 3 is 3.08 bits per heavy atom. The quantitative estimate of drug-likeness (QED) is 0.892. The summed E-state index contributed by atoms with van der Waals surface area (Å²) in [6.45, 7) is 2.92. The average Bonchev–Trinajstić information content (AvgIpc) is 2.92. The second kappa shape index (κ2) is 6.48. The van der Waals surface area contributed by atoms with Gasteiger partial charge in [0.05, 0.1) is 12.7 Å². The lowest BCUT2D eigenvalue weighted by Gasteiger charge is -2.38. The number of methoxy groups -OCH3 is 1. The van der Waals surface area contributed by atoms with Gasteiger partial charge in [-0.1, -0.05) is 6.42 Å². The summed E-state index contributed by atoms with van der Waals surface area (Å²) in [4.78, 5) is 18.7. The van der Waals surface area contributed by atoms with Gasteiger partial charge in [0, 0.05) is 29.7 Å². The molecule has 0 bridgehead atoms. The molecule has 2 atom stereocenters. The van der Waals surface area contributed by atoms with Crippen LogP contribution < -0.4 is 10.1 Å². The number of fused-ring (bicyclic) bond motifs is 2. The highest BCUT2D eigenvalue weighted by Gasteiger charge is 2.35. The smallest absolute Gasteiger partial charge is 0.256 e. The number of hydrogen-bond donors (Lipinski definition) is 2. The van der Waals surface area contributed by atoms with E-state index < -0.39 is 0 Å². The lowest BCUT2D eigenvalue weighted by atomic mass is 9.89. The van der Waals surface area contributed by atoms with Crippen molar-refractivity contribution in [3.8, 4) is 5.75 Å². The van der Waals surface area contributed by atoms with Crippen LogP contribution in [0.5, 0.6) is 5.75 Å². The molecule has 0 aliphatic carbocycles. The molecule has 1 amide bonds. The number of aromatic amines is 1.